The summed E-state index contributed by atoms with van der Waals surface area (Å²) in [5.41, 5.74) is 9.18. The van der Waals surface area contributed by atoms with Crippen LogP contribution in [0.2, 0.25) is 0 Å². The van der Waals surface area contributed by atoms with Gasteiger partial charge in [-0.25, -0.2) is 4.79 Å². The van der Waals surface area contributed by atoms with Gasteiger partial charge in [0.05, 0.1) is 5.56 Å². The number of carbonyl (C=O) groups is 2. The molecule has 4 heteroatoms. The van der Waals surface area contributed by atoms with E-state index in [1.165, 1.54) is 23.1 Å². The fraction of sp³-hybridized carbons (Fsp3) is 0.391. The van der Waals surface area contributed by atoms with Gasteiger partial charge < -0.3 is 10.1 Å². The molecule has 1 amide bonds. The van der Waals surface area contributed by atoms with Gasteiger partial charge in [-0.1, -0.05) is 6.07 Å². The van der Waals surface area contributed by atoms with E-state index in [0.29, 0.717) is 5.56 Å². The molecule has 1 N–H and O–H groups in total. The van der Waals surface area contributed by atoms with Crippen LogP contribution in [0.4, 0.5) is 5.69 Å². The lowest BCUT2D eigenvalue weighted by Crippen LogP contribution is -2.22. The van der Waals surface area contributed by atoms with E-state index in [0.717, 1.165) is 40.8 Å². The van der Waals surface area contributed by atoms with Gasteiger partial charge in [0, 0.05) is 5.69 Å². The fourth-order valence-corrected chi connectivity index (χ4v) is 3.86. The Morgan fingerprint density at radius 1 is 0.889 bits per heavy atom. The van der Waals surface area contributed by atoms with Crippen molar-refractivity contribution in [1.82, 2.24) is 0 Å². The quantitative estimate of drug-likeness (QED) is 0.811. The van der Waals surface area contributed by atoms with Gasteiger partial charge in [-0.15, -0.1) is 0 Å². The molecule has 0 unspecified atom stereocenters. The highest BCUT2D eigenvalue weighted by Gasteiger charge is 2.20. The SMILES string of the molecule is Cc1c(C)c(C)c(C(=O)OCC(=O)Nc2ccc3c(c2)CCC3)c(C)c1C. The lowest BCUT2D eigenvalue weighted by molar-refractivity contribution is -0.119. The summed E-state index contributed by atoms with van der Waals surface area (Å²) in [6.07, 6.45) is 3.33. The lowest BCUT2D eigenvalue weighted by Gasteiger charge is -2.17. The highest BCUT2D eigenvalue weighted by Crippen LogP contribution is 2.27. The Labute approximate surface area is 160 Å². The number of anilines is 1. The molecule has 0 atom stereocenters. The van der Waals surface area contributed by atoms with Crippen molar-refractivity contribution in [2.45, 2.75) is 53.9 Å². The van der Waals surface area contributed by atoms with Gasteiger partial charge in [0.2, 0.25) is 0 Å². The fourth-order valence-electron chi connectivity index (χ4n) is 3.86. The molecule has 0 aromatic heterocycles. The van der Waals surface area contributed by atoms with Gasteiger partial charge in [0.15, 0.2) is 6.61 Å². The topological polar surface area (TPSA) is 55.4 Å². The molecule has 0 radical (unpaired) electrons. The van der Waals surface area contributed by atoms with E-state index in [1.807, 2.05) is 39.8 Å². The van der Waals surface area contributed by atoms with Gasteiger partial charge in [-0.05, 0) is 105 Å². The molecule has 0 saturated heterocycles. The first-order valence-corrected chi connectivity index (χ1v) is 9.45. The summed E-state index contributed by atoms with van der Waals surface area (Å²) in [5, 5.41) is 2.82. The molecular formula is C23H27NO3. The number of amides is 1. The number of carbonyl (C=O) groups excluding carboxylic acids is 2. The van der Waals surface area contributed by atoms with E-state index in [4.69, 9.17) is 4.74 Å². The number of esters is 1. The van der Waals surface area contributed by atoms with Crippen LogP contribution in [0.25, 0.3) is 0 Å². The van der Waals surface area contributed by atoms with Crippen molar-refractivity contribution in [3.8, 4) is 0 Å². The number of aryl methyl sites for hydroxylation is 2. The Morgan fingerprint density at radius 3 is 2.15 bits per heavy atom. The van der Waals surface area contributed by atoms with Crippen LogP contribution in [0.15, 0.2) is 18.2 Å². The van der Waals surface area contributed by atoms with Crippen LogP contribution in [-0.2, 0) is 22.4 Å². The van der Waals surface area contributed by atoms with E-state index in [1.54, 1.807) is 0 Å². The zero-order chi connectivity index (χ0) is 19.7. The largest absolute Gasteiger partial charge is 0.452 e. The van der Waals surface area contributed by atoms with Crippen LogP contribution in [-0.4, -0.2) is 18.5 Å². The van der Waals surface area contributed by atoms with Crippen molar-refractivity contribution in [3.63, 3.8) is 0 Å². The number of fused-ring (bicyclic) bond motifs is 1. The molecule has 0 aliphatic heterocycles. The zero-order valence-electron chi connectivity index (χ0n) is 16.8. The third kappa shape index (κ3) is 3.75. The van der Waals surface area contributed by atoms with Gasteiger partial charge in [-0.3, -0.25) is 4.79 Å². The molecule has 0 saturated carbocycles. The predicted molar refractivity (Wildman–Crippen MR) is 108 cm³/mol. The van der Waals surface area contributed by atoms with Gasteiger partial charge in [0.25, 0.3) is 5.91 Å². The van der Waals surface area contributed by atoms with Crippen LogP contribution < -0.4 is 5.32 Å². The maximum absolute atomic E-state index is 12.6. The molecule has 27 heavy (non-hydrogen) atoms. The third-order valence-corrected chi connectivity index (χ3v) is 5.92. The monoisotopic (exact) mass is 365 g/mol. The van der Waals surface area contributed by atoms with Crippen molar-refractivity contribution in [3.05, 3.63) is 62.7 Å². The first-order chi connectivity index (χ1) is 12.8. The molecule has 4 nitrogen and oxygen atoms in total. The molecule has 1 aliphatic rings. The van der Waals surface area contributed by atoms with Crippen molar-refractivity contribution >= 4 is 17.6 Å². The molecule has 0 bridgehead atoms. The first kappa shape index (κ1) is 19.2. The Balaban J connectivity index is 1.67. The molecule has 3 rings (SSSR count). The van der Waals surface area contributed by atoms with E-state index < -0.39 is 5.97 Å². The van der Waals surface area contributed by atoms with Crippen LogP contribution in [0.1, 0.15) is 55.7 Å². The van der Waals surface area contributed by atoms with Crippen LogP contribution in [0.5, 0.6) is 0 Å². The molecular weight excluding hydrogens is 338 g/mol. The summed E-state index contributed by atoms with van der Waals surface area (Å²) >= 11 is 0. The maximum atomic E-state index is 12.6. The van der Waals surface area contributed by atoms with Crippen molar-refractivity contribution in [1.29, 1.82) is 0 Å². The summed E-state index contributed by atoms with van der Waals surface area (Å²) in [6, 6.07) is 5.99. The lowest BCUT2D eigenvalue weighted by atomic mass is 9.90. The minimum atomic E-state index is -0.444. The number of hydrogen-bond acceptors (Lipinski definition) is 3. The van der Waals surface area contributed by atoms with Crippen LogP contribution in [0, 0.1) is 34.6 Å². The van der Waals surface area contributed by atoms with Crippen molar-refractivity contribution in [2.75, 3.05) is 11.9 Å². The highest BCUT2D eigenvalue weighted by molar-refractivity contribution is 5.97. The van der Waals surface area contributed by atoms with Gasteiger partial charge >= 0.3 is 5.97 Å². The predicted octanol–water partition coefficient (Wildman–Crippen LogP) is 4.51. The Bertz CT molecular complexity index is 899. The molecule has 0 heterocycles. The minimum absolute atomic E-state index is 0.291. The van der Waals surface area contributed by atoms with Crippen molar-refractivity contribution < 1.29 is 14.3 Å². The maximum Gasteiger partial charge on any atom is 0.339 e. The van der Waals surface area contributed by atoms with E-state index in [2.05, 4.69) is 18.3 Å². The van der Waals surface area contributed by atoms with Gasteiger partial charge in [-0.2, -0.15) is 0 Å². The van der Waals surface area contributed by atoms with Crippen molar-refractivity contribution in [2.24, 2.45) is 0 Å². The molecule has 0 spiro atoms. The second kappa shape index (κ2) is 7.55. The second-order valence-corrected chi connectivity index (χ2v) is 7.46. The molecule has 2 aromatic rings. The van der Waals surface area contributed by atoms with Gasteiger partial charge in [0.1, 0.15) is 0 Å². The Hall–Kier alpha value is -2.62. The first-order valence-electron chi connectivity index (χ1n) is 9.45. The van der Waals surface area contributed by atoms with Crippen LogP contribution >= 0.6 is 0 Å². The zero-order valence-corrected chi connectivity index (χ0v) is 16.8. The minimum Gasteiger partial charge on any atom is -0.452 e. The number of ether oxygens (including phenoxy) is 1. The number of hydrogen-bond donors (Lipinski definition) is 1. The molecule has 2 aromatic carbocycles. The Morgan fingerprint density at radius 2 is 1.48 bits per heavy atom. The van der Waals surface area contributed by atoms with E-state index in [9.17, 15) is 9.59 Å². The average Bonchev–Trinajstić information content (AvgIpc) is 3.11. The summed E-state index contributed by atoms with van der Waals surface area (Å²) in [6.45, 7) is 9.64. The summed E-state index contributed by atoms with van der Waals surface area (Å²) < 4.78 is 5.32. The molecule has 142 valence electrons. The summed E-state index contributed by atoms with van der Waals surface area (Å²) in [7, 11) is 0. The normalized spacial score (nSPS) is 12.6. The molecule has 0 fully saturated rings. The van der Waals surface area contributed by atoms with Crippen LogP contribution in [0.3, 0.4) is 0 Å². The number of nitrogens with one attached hydrogen (secondary N) is 1. The average molecular weight is 365 g/mol. The Kier molecular flexibility index (Phi) is 5.36. The second-order valence-electron chi connectivity index (χ2n) is 7.46. The third-order valence-electron chi connectivity index (χ3n) is 5.92. The van der Waals surface area contributed by atoms with E-state index in [-0.39, 0.29) is 12.5 Å². The number of benzene rings is 2. The number of rotatable bonds is 4. The standard InChI is InChI=1S/C23H27NO3/c1-13-14(2)16(4)22(17(5)15(13)3)23(26)27-12-21(25)24-20-10-9-18-7-6-8-19(18)11-20/h9-11H,6-8,12H2,1-5H3,(H,24,25). The smallest absolute Gasteiger partial charge is 0.339 e. The molecule has 1 aliphatic carbocycles. The summed E-state index contributed by atoms with van der Waals surface area (Å²) in [5.74, 6) is -0.766. The highest BCUT2D eigenvalue weighted by atomic mass is 16.5. The van der Waals surface area contributed by atoms with E-state index >= 15 is 0 Å². The summed E-state index contributed by atoms with van der Waals surface area (Å²) in [4.78, 5) is 24.8.